The van der Waals surface area contributed by atoms with E-state index >= 15 is 0 Å². The number of hydrogen-bond donors (Lipinski definition) is 0. The average Bonchev–Trinajstić information content (AvgIpc) is 2.54. The molecular formula is C18H16N2O3. The number of aromatic nitrogens is 2. The van der Waals surface area contributed by atoms with Gasteiger partial charge in [-0.3, -0.25) is 9.78 Å². The normalized spacial score (nSPS) is 10.7. The second-order valence-electron chi connectivity index (χ2n) is 5.38. The lowest BCUT2D eigenvalue weighted by Gasteiger charge is -2.09. The molecule has 0 atom stereocenters. The van der Waals surface area contributed by atoms with Crippen molar-refractivity contribution in [3.8, 4) is 0 Å². The van der Waals surface area contributed by atoms with Crippen LogP contribution in [0.2, 0.25) is 0 Å². The molecular weight excluding hydrogens is 292 g/mol. The largest absolute Gasteiger partial charge is 0.457 e. The summed E-state index contributed by atoms with van der Waals surface area (Å²) in [4.78, 5) is 28.2. The van der Waals surface area contributed by atoms with Crippen molar-refractivity contribution in [3.05, 3.63) is 75.8 Å². The fraction of sp³-hybridized carbons (Fsp3) is 0.167. The van der Waals surface area contributed by atoms with E-state index in [4.69, 9.17) is 4.74 Å². The first-order chi connectivity index (χ1) is 11.0. The van der Waals surface area contributed by atoms with Gasteiger partial charge in [0, 0.05) is 36.0 Å². The van der Waals surface area contributed by atoms with Gasteiger partial charge in [-0.1, -0.05) is 18.2 Å². The Morgan fingerprint density at radius 1 is 1.22 bits per heavy atom. The Morgan fingerprint density at radius 2 is 2.00 bits per heavy atom. The maximum absolute atomic E-state index is 12.1. The quantitative estimate of drug-likeness (QED) is 0.698. The fourth-order valence-electron chi connectivity index (χ4n) is 2.42. The molecule has 0 aliphatic carbocycles. The van der Waals surface area contributed by atoms with Gasteiger partial charge in [0.25, 0.3) is 5.56 Å². The Morgan fingerprint density at radius 3 is 2.78 bits per heavy atom. The van der Waals surface area contributed by atoms with Crippen molar-refractivity contribution < 1.29 is 9.53 Å². The van der Waals surface area contributed by atoms with E-state index in [1.807, 2.05) is 37.3 Å². The molecule has 0 saturated carbocycles. The number of aryl methyl sites for hydroxylation is 2. The lowest BCUT2D eigenvalue weighted by molar-refractivity contribution is 0.0474. The molecule has 3 aromatic rings. The van der Waals surface area contributed by atoms with Crippen molar-refractivity contribution in [2.24, 2.45) is 7.05 Å². The molecule has 116 valence electrons. The smallest absolute Gasteiger partial charge is 0.338 e. The number of carbonyl (C=O) groups excluding carboxylic acids is 1. The van der Waals surface area contributed by atoms with E-state index < -0.39 is 5.97 Å². The molecule has 0 unspecified atom stereocenters. The van der Waals surface area contributed by atoms with Crippen LogP contribution in [0.4, 0.5) is 0 Å². The molecule has 2 heterocycles. The molecule has 0 radical (unpaired) electrons. The lowest BCUT2D eigenvalue weighted by atomic mass is 10.1. The van der Waals surface area contributed by atoms with Gasteiger partial charge < -0.3 is 9.30 Å². The van der Waals surface area contributed by atoms with E-state index in [1.165, 1.54) is 10.6 Å². The number of rotatable bonds is 3. The molecule has 1 aromatic carbocycles. The first-order valence-corrected chi connectivity index (χ1v) is 7.23. The number of carbonyl (C=O) groups is 1. The molecule has 0 saturated heterocycles. The molecule has 0 aliphatic rings. The summed E-state index contributed by atoms with van der Waals surface area (Å²) in [6.45, 7) is 2.04. The second-order valence-corrected chi connectivity index (χ2v) is 5.38. The van der Waals surface area contributed by atoms with Crippen molar-refractivity contribution in [1.82, 2.24) is 9.55 Å². The molecule has 0 fully saturated rings. The topological polar surface area (TPSA) is 61.2 Å². The molecule has 0 spiro atoms. The van der Waals surface area contributed by atoms with Gasteiger partial charge in [0.2, 0.25) is 0 Å². The zero-order valence-corrected chi connectivity index (χ0v) is 12.9. The number of esters is 1. The third-order valence-corrected chi connectivity index (χ3v) is 3.63. The maximum Gasteiger partial charge on any atom is 0.338 e. The Kier molecular flexibility index (Phi) is 3.93. The Balaban J connectivity index is 1.84. The molecule has 0 amide bonds. The minimum Gasteiger partial charge on any atom is -0.457 e. The van der Waals surface area contributed by atoms with Crippen LogP contribution in [0.15, 0.2) is 53.5 Å². The first-order valence-electron chi connectivity index (χ1n) is 7.23. The predicted molar refractivity (Wildman–Crippen MR) is 87.3 cm³/mol. The summed E-state index contributed by atoms with van der Waals surface area (Å²) in [5, 5.41) is 0.954. The van der Waals surface area contributed by atoms with Crippen molar-refractivity contribution >= 4 is 16.9 Å². The Labute approximate surface area is 133 Å². The van der Waals surface area contributed by atoms with E-state index in [9.17, 15) is 9.59 Å². The number of fused-ring (bicyclic) bond motifs is 1. The summed E-state index contributed by atoms with van der Waals surface area (Å²) < 4.78 is 6.76. The fourth-order valence-corrected chi connectivity index (χ4v) is 2.42. The van der Waals surface area contributed by atoms with Crippen LogP contribution in [0.5, 0.6) is 0 Å². The molecule has 23 heavy (non-hydrogen) atoms. The van der Waals surface area contributed by atoms with E-state index in [0.717, 1.165) is 22.2 Å². The van der Waals surface area contributed by atoms with Crippen LogP contribution in [0.1, 0.15) is 21.6 Å². The highest BCUT2D eigenvalue weighted by atomic mass is 16.5. The average molecular weight is 308 g/mol. The van der Waals surface area contributed by atoms with Gasteiger partial charge in [-0.2, -0.15) is 0 Å². The summed E-state index contributed by atoms with van der Waals surface area (Å²) in [5.41, 5.74) is 2.63. The summed E-state index contributed by atoms with van der Waals surface area (Å²) in [7, 11) is 1.63. The molecule has 0 bridgehead atoms. The predicted octanol–water partition coefficient (Wildman–Crippen LogP) is 2.60. The zero-order valence-electron chi connectivity index (χ0n) is 12.9. The molecule has 5 heteroatoms. The van der Waals surface area contributed by atoms with Gasteiger partial charge in [0.1, 0.15) is 6.61 Å². The third kappa shape index (κ3) is 3.13. The Bertz CT molecular complexity index is 944. The number of nitrogens with zero attached hydrogens (tertiary/aromatic N) is 2. The third-order valence-electron chi connectivity index (χ3n) is 3.63. The SMILES string of the molecule is Cc1cc(COC(=O)c2ccn(C)c(=O)c2)c2ccccc2n1. The number of para-hydroxylation sites is 1. The number of ether oxygens (including phenoxy) is 1. The van der Waals surface area contributed by atoms with E-state index in [2.05, 4.69) is 4.98 Å². The minimum absolute atomic E-state index is 0.137. The number of pyridine rings is 2. The second kappa shape index (κ2) is 6.04. The maximum atomic E-state index is 12.1. The van der Waals surface area contributed by atoms with Crippen molar-refractivity contribution in [3.63, 3.8) is 0 Å². The summed E-state index contributed by atoms with van der Waals surface area (Å²) in [5.74, 6) is -0.513. The molecule has 0 aliphatic heterocycles. The zero-order chi connectivity index (χ0) is 16.4. The van der Waals surface area contributed by atoms with Gasteiger partial charge >= 0.3 is 5.97 Å². The van der Waals surface area contributed by atoms with Gasteiger partial charge in [-0.15, -0.1) is 0 Å². The Hall–Kier alpha value is -2.95. The van der Waals surface area contributed by atoms with E-state index in [-0.39, 0.29) is 17.7 Å². The summed E-state index contributed by atoms with van der Waals surface area (Å²) in [6.07, 6.45) is 1.55. The summed E-state index contributed by atoms with van der Waals surface area (Å²) in [6, 6.07) is 12.5. The van der Waals surface area contributed by atoms with Gasteiger partial charge in [0.05, 0.1) is 11.1 Å². The van der Waals surface area contributed by atoms with Crippen LogP contribution in [0.3, 0.4) is 0 Å². The van der Waals surface area contributed by atoms with Crippen LogP contribution in [0.25, 0.3) is 10.9 Å². The summed E-state index contributed by atoms with van der Waals surface area (Å²) >= 11 is 0. The molecule has 0 N–H and O–H groups in total. The highest BCUT2D eigenvalue weighted by molar-refractivity contribution is 5.89. The van der Waals surface area contributed by atoms with E-state index in [1.54, 1.807) is 19.3 Å². The van der Waals surface area contributed by atoms with Crippen LogP contribution in [-0.2, 0) is 18.4 Å². The van der Waals surface area contributed by atoms with Gasteiger partial charge in [-0.25, -0.2) is 4.79 Å². The van der Waals surface area contributed by atoms with Crippen LogP contribution >= 0.6 is 0 Å². The standard InChI is InChI=1S/C18H16N2O3/c1-12-9-14(15-5-3-4-6-16(15)19-12)11-23-18(22)13-7-8-20(2)17(21)10-13/h3-10H,11H2,1-2H3. The van der Waals surface area contributed by atoms with Crippen molar-refractivity contribution in [2.45, 2.75) is 13.5 Å². The van der Waals surface area contributed by atoms with Gasteiger partial charge in [0.15, 0.2) is 0 Å². The van der Waals surface area contributed by atoms with Crippen LogP contribution in [0, 0.1) is 6.92 Å². The minimum atomic E-state index is -0.513. The van der Waals surface area contributed by atoms with E-state index in [0.29, 0.717) is 0 Å². The van der Waals surface area contributed by atoms with Gasteiger partial charge in [-0.05, 0) is 25.1 Å². The number of benzene rings is 1. The highest BCUT2D eigenvalue weighted by Gasteiger charge is 2.10. The van der Waals surface area contributed by atoms with Crippen molar-refractivity contribution in [2.75, 3.05) is 0 Å². The van der Waals surface area contributed by atoms with Crippen molar-refractivity contribution in [1.29, 1.82) is 0 Å². The monoisotopic (exact) mass is 308 g/mol. The molecule has 2 aromatic heterocycles. The molecule has 3 rings (SSSR count). The first kappa shape index (κ1) is 15.0. The number of hydrogen-bond acceptors (Lipinski definition) is 4. The van der Waals surface area contributed by atoms with Crippen LogP contribution < -0.4 is 5.56 Å². The molecule has 5 nitrogen and oxygen atoms in total. The lowest BCUT2D eigenvalue weighted by Crippen LogP contribution is -2.17. The highest BCUT2D eigenvalue weighted by Crippen LogP contribution is 2.19. The van der Waals surface area contributed by atoms with Crippen LogP contribution in [-0.4, -0.2) is 15.5 Å².